The molecule has 0 amide bonds. The van der Waals surface area contributed by atoms with Crippen LogP contribution in [-0.4, -0.2) is 15.2 Å². The standard InChI is InChI=1S/C10H8F3N3/c1-6-14-9(16-15-6)7-2-4-8(5-3-7)10(11,12)13/h2-5H,1H3,(H,14,15,16). The Morgan fingerprint density at radius 1 is 1.12 bits per heavy atom. The number of halogens is 3. The average Bonchev–Trinajstić information content (AvgIpc) is 2.64. The molecule has 0 radical (unpaired) electrons. The van der Waals surface area contributed by atoms with Crippen molar-refractivity contribution in [1.29, 1.82) is 0 Å². The van der Waals surface area contributed by atoms with Crippen molar-refractivity contribution < 1.29 is 13.2 Å². The van der Waals surface area contributed by atoms with E-state index in [2.05, 4.69) is 15.2 Å². The SMILES string of the molecule is Cc1nc(-c2ccc(C(F)(F)F)cc2)n[nH]1. The van der Waals surface area contributed by atoms with E-state index in [-0.39, 0.29) is 0 Å². The highest BCUT2D eigenvalue weighted by Crippen LogP contribution is 2.30. The second kappa shape index (κ2) is 3.62. The minimum atomic E-state index is -4.31. The van der Waals surface area contributed by atoms with Crippen LogP contribution in [0.3, 0.4) is 0 Å². The van der Waals surface area contributed by atoms with Crippen LogP contribution in [0, 0.1) is 6.92 Å². The van der Waals surface area contributed by atoms with Crippen LogP contribution < -0.4 is 0 Å². The minimum Gasteiger partial charge on any atom is -0.263 e. The first-order chi connectivity index (χ1) is 7.47. The van der Waals surface area contributed by atoms with Crippen molar-refractivity contribution in [1.82, 2.24) is 15.2 Å². The van der Waals surface area contributed by atoms with Crippen molar-refractivity contribution in [3.63, 3.8) is 0 Å². The van der Waals surface area contributed by atoms with Crippen LogP contribution in [0.4, 0.5) is 13.2 Å². The van der Waals surface area contributed by atoms with Crippen molar-refractivity contribution >= 4 is 0 Å². The number of aryl methyl sites for hydroxylation is 1. The summed E-state index contributed by atoms with van der Waals surface area (Å²) in [5.41, 5.74) is -0.124. The van der Waals surface area contributed by atoms with Crippen molar-refractivity contribution in [3.05, 3.63) is 35.7 Å². The zero-order valence-electron chi connectivity index (χ0n) is 8.34. The van der Waals surface area contributed by atoms with E-state index < -0.39 is 11.7 Å². The van der Waals surface area contributed by atoms with Crippen molar-refractivity contribution in [2.75, 3.05) is 0 Å². The fourth-order valence-corrected chi connectivity index (χ4v) is 1.28. The Bertz CT molecular complexity index is 485. The lowest BCUT2D eigenvalue weighted by atomic mass is 10.1. The van der Waals surface area contributed by atoms with Crippen LogP contribution in [0.15, 0.2) is 24.3 Å². The summed E-state index contributed by atoms with van der Waals surface area (Å²) >= 11 is 0. The van der Waals surface area contributed by atoms with Gasteiger partial charge in [-0.2, -0.15) is 18.3 Å². The molecule has 0 bridgehead atoms. The Labute approximate surface area is 89.3 Å². The van der Waals surface area contributed by atoms with Gasteiger partial charge in [-0.3, -0.25) is 5.10 Å². The van der Waals surface area contributed by atoms with Gasteiger partial charge in [-0.15, -0.1) is 0 Å². The molecule has 1 heterocycles. The predicted molar refractivity (Wildman–Crippen MR) is 51.6 cm³/mol. The second-order valence-corrected chi connectivity index (χ2v) is 3.32. The van der Waals surface area contributed by atoms with Gasteiger partial charge < -0.3 is 0 Å². The highest BCUT2D eigenvalue weighted by atomic mass is 19.4. The summed E-state index contributed by atoms with van der Waals surface area (Å²) in [6, 6.07) is 4.74. The molecule has 84 valence electrons. The maximum Gasteiger partial charge on any atom is 0.416 e. The highest BCUT2D eigenvalue weighted by molar-refractivity contribution is 5.55. The molecule has 2 aromatic rings. The number of aromatic nitrogens is 3. The summed E-state index contributed by atoms with van der Waals surface area (Å²) in [6.07, 6.45) is -4.31. The van der Waals surface area contributed by atoms with Crippen LogP contribution in [0.5, 0.6) is 0 Å². The number of alkyl halides is 3. The molecule has 0 aliphatic carbocycles. The summed E-state index contributed by atoms with van der Waals surface area (Å²) < 4.78 is 36.9. The molecule has 0 aliphatic rings. The first kappa shape index (κ1) is 10.7. The van der Waals surface area contributed by atoms with Gasteiger partial charge in [0.1, 0.15) is 5.82 Å². The smallest absolute Gasteiger partial charge is 0.263 e. The van der Waals surface area contributed by atoms with E-state index in [1.807, 2.05) is 0 Å². The summed E-state index contributed by atoms with van der Waals surface area (Å²) in [7, 11) is 0. The Hall–Kier alpha value is -1.85. The van der Waals surface area contributed by atoms with E-state index in [4.69, 9.17) is 0 Å². The Morgan fingerprint density at radius 3 is 2.19 bits per heavy atom. The third kappa shape index (κ3) is 2.05. The van der Waals surface area contributed by atoms with E-state index >= 15 is 0 Å². The Kier molecular flexibility index (Phi) is 2.41. The molecule has 0 fully saturated rings. The largest absolute Gasteiger partial charge is 0.416 e. The molecule has 1 aromatic carbocycles. The summed E-state index contributed by atoms with van der Waals surface area (Å²) in [4.78, 5) is 4.02. The molecule has 0 atom stereocenters. The second-order valence-electron chi connectivity index (χ2n) is 3.32. The number of nitrogens with zero attached hydrogens (tertiary/aromatic N) is 2. The topological polar surface area (TPSA) is 41.6 Å². The number of hydrogen-bond donors (Lipinski definition) is 1. The molecular formula is C10H8F3N3. The summed E-state index contributed by atoms with van der Waals surface area (Å²) in [6.45, 7) is 1.72. The maximum absolute atomic E-state index is 12.3. The van der Waals surface area contributed by atoms with Gasteiger partial charge in [0, 0.05) is 5.56 Å². The predicted octanol–water partition coefficient (Wildman–Crippen LogP) is 2.80. The van der Waals surface area contributed by atoms with E-state index in [0.29, 0.717) is 17.2 Å². The zero-order chi connectivity index (χ0) is 11.8. The Morgan fingerprint density at radius 2 is 1.75 bits per heavy atom. The number of nitrogens with one attached hydrogen (secondary N) is 1. The lowest BCUT2D eigenvalue weighted by Gasteiger charge is -2.05. The highest BCUT2D eigenvalue weighted by Gasteiger charge is 2.30. The Balaban J connectivity index is 2.33. The van der Waals surface area contributed by atoms with Crippen LogP contribution in [0.1, 0.15) is 11.4 Å². The quantitative estimate of drug-likeness (QED) is 0.813. The average molecular weight is 227 g/mol. The van der Waals surface area contributed by atoms with Crippen molar-refractivity contribution in [2.24, 2.45) is 0 Å². The van der Waals surface area contributed by atoms with E-state index in [1.54, 1.807) is 6.92 Å². The van der Waals surface area contributed by atoms with Gasteiger partial charge in [0.05, 0.1) is 5.56 Å². The minimum absolute atomic E-state index is 0.395. The summed E-state index contributed by atoms with van der Waals surface area (Å²) in [5, 5.41) is 6.49. The number of rotatable bonds is 1. The first-order valence-corrected chi connectivity index (χ1v) is 4.53. The van der Waals surface area contributed by atoms with Crippen LogP contribution in [0.2, 0.25) is 0 Å². The molecule has 0 saturated heterocycles. The van der Waals surface area contributed by atoms with Crippen LogP contribution in [-0.2, 0) is 6.18 Å². The van der Waals surface area contributed by atoms with Gasteiger partial charge in [-0.1, -0.05) is 12.1 Å². The molecule has 1 aromatic heterocycles. The van der Waals surface area contributed by atoms with Gasteiger partial charge in [-0.05, 0) is 19.1 Å². The molecule has 2 rings (SSSR count). The molecule has 0 unspecified atom stereocenters. The number of aromatic amines is 1. The lowest BCUT2D eigenvalue weighted by Crippen LogP contribution is -2.04. The molecule has 6 heteroatoms. The van der Waals surface area contributed by atoms with E-state index in [1.165, 1.54) is 12.1 Å². The molecule has 16 heavy (non-hydrogen) atoms. The van der Waals surface area contributed by atoms with Gasteiger partial charge in [0.2, 0.25) is 0 Å². The number of H-pyrrole nitrogens is 1. The zero-order valence-corrected chi connectivity index (χ0v) is 8.34. The molecule has 0 spiro atoms. The van der Waals surface area contributed by atoms with Gasteiger partial charge in [0.25, 0.3) is 0 Å². The molecule has 1 N–H and O–H groups in total. The van der Waals surface area contributed by atoms with Gasteiger partial charge in [-0.25, -0.2) is 4.98 Å². The number of hydrogen-bond acceptors (Lipinski definition) is 2. The molecular weight excluding hydrogens is 219 g/mol. The maximum atomic E-state index is 12.3. The molecule has 3 nitrogen and oxygen atoms in total. The van der Waals surface area contributed by atoms with Crippen molar-refractivity contribution in [2.45, 2.75) is 13.1 Å². The molecule has 0 aliphatic heterocycles. The third-order valence-electron chi connectivity index (χ3n) is 2.07. The lowest BCUT2D eigenvalue weighted by molar-refractivity contribution is -0.137. The van der Waals surface area contributed by atoms with E-state index in [9.17, 15) is 13.2 Å². The van der Waals surface area contributed by atoms with Crippen molar-refractivity contribution in [3.8, 4) is 11.4 Å². The van der Waals surface area contributed by atoms with E-state index in [0.717, 1.165) is 12.1 Å². The monoisotopic (exact) mass is 227 g/mol. The summed E-state index contributed by atoms with van der Waals surface area (Å²) in [5.74, 6) is 1.01. The number of benzene rings is 1. The van der Waals surface area contributed by atoms with Gasteiger partial charge in [0.15, 0.2) is 5.82 Å². The van der Waals surface area contributed by atoms with Gasteiger partial charge >= 0.3 is 6.18 Å². The fourth-order valence-electron chi connectivity index (χ4n) is 1.28. The normalized spacial score (nSPS) is 11.8. The third-order valence-corrected chi connectivity index (χ3v) is 2.07. The molecule has 0 saturated carbocycles. The van der Waals surface area contributed by atoms with Crippen LogP contribution in [0.25, 0.3) is 11.4 Å². The first-order valence-electron chi connectivity index (χ1n) is 4.53. The van der Waals surface area contributed by atoms with Crippen LogP contribution >= 0.6 is 0 Å². The fraction of sp³-hybridized carbons (Fsp3) is 0.200.